The Labute approximate surface area is 77.4 Å². The van der Waals surface area contributed by atoms with Crippen LogP contribution in [0.1, 0.15) is 19.8 Å². The molecule has 0 aromatic heterocycles. The van der Waals surface area contributed by atoms with Crippen LogP contribution in [0.2, 0.25) is 0 Å². The molecule has 0 spiro atoms. The molecule has 0 saturated carbocycles. The van der Waals surface area contributed by atoms with E-state index >= 15 is 0 Å². The van der Waals surface area contributed by atoms with Gasteiger partial charge in [-0.05, 0) is 19.8 Å². The van der Waals surface area contributed by atoms with Crippen molar-refractivity contribution < 1.29 is 9.90 Å². The van der Waals surface area contributed by atoms with Crippen molar-refractivity contribution in [3.8, 4) is 0 Å². The molecule has 76 valence electrons. The molecule has 2 amide bonds. The molecule has 0 saturated heterocycles. The second kappa shape index (κ2) is 8.95. The summed E-state index contributed by atoms with van der Waals surface area (Å²) in [7, 11) is 0. The summed E-state index contributed by atoms with van der Waals surface area (Å²) >= 11 is 0. The molecular formula is C7H16N4O2. The molecule has 0 radical (unpaired) electrons. The molecule has 13 heavy (non-hydrogen) atoms. The summed E-state index contributed by atoms with van der Waals surface area (Å²) in [6.45, 7) is 2.51. The van der Waals surface area contributed by atoms with Gasteiger partial charge >= 0.3 is 6.03 Å². The highest BCUT2D eigenvalue weighted by atomic mass is 16.3. The molecule has 0 heterocycles. The van der Waals surface area contributed by atoms with E-state index in [-0.39, 0.29) is 6.61 Å². The van der Waals surface area contributed by atoms with Crippen LogP contribution >= 0.6 is 0 Å². The number of hydrazine groups is 1. The van der Waals surface area contributed by atoms with Crippen LogP contribution in [0, 0.1) is 0 Å². The van der Waals surface area contributed by atoms with Gasteiger partial charge in [-0.3, -0.25) is 5.43 Å². The van der Waals surface area contributed by atoms with Gasteiger partial charge in [0.05, 0.1) is 0 Å². The van der Waals surface area contributed by atoms with Crippen LogP contribution in [0.4, 0.5) is 4.79 Å². The largest absolute Gasteiger partial charge is 0.396 e. The summed E-state index contributed by atoms with van der Waals surface area (Å²) in [5.41, 5.74) is 7.29. The Bertz CT molecular complexity index is 161. The second-order valence-electron chi connectivity index (χ2n) is 2.31. The van der Waals surface area contributed by atoms with Gasteiger partial charge in [0.2, 0.25) is 0 Å². The van der Waals surface area contributed by atoms with Gasteiger partial charge in [-0.25, -0.2) is 15.6 Å². The molecule has 0 aromatic rings. The molecule has 0 aliphatic carbocycles. The van der Waals surface area contributed by atoms with Crippen molar-refractivity contribution in [3.05, 3.63) is 0 Å². The van der Waals surface area contributed by atoms with Crippen molar-refractivity contribution in [2.24, 2.45) is 5.10 Å². The first kappa shape index (κ1) is 11.9. The molecule has 0 aromatic carbocycles. The highest BCUT2D eigenvalue weighted by molar-refractivity contribution is 5.73. The summed E-state index contributed by atoms with van der Waals surface area (Å²) in [5.74, 6) is 0. The number of hydrazone groups is 1. The maximum Gasteiger partial charge on any atom is 0.349 e. The highest BCUT2D eigenvalue weighted by Crippen LogP contribution is 1.81. The van der Waals surface area contributed by atoms with Gasteiger partial charge in [-0.15, -0.1) is 0 Å². The van der Waals surface area contributed by atoms with Crippen molar-refractivity contribution in [1.29, 1.82) is 0 Å². The predicted molar refractivity (Wildman–Crippen MR) is 50.2 cm³/mol. The first-order valence-corrected chi connectivity index (χ1v) is 4.18. The van der Waals surface area contributed by atoms with E-state index in [2.05, 4.69) is 21.4 Å². The minimum absolute atomic E-state index is 0.175. The number of unbranched alkanes of at least 4 members (excludes halogenated alkanes) is 1. The number of nitrogens with zero attached hydrogens (tertiary/aromatic N) is 1. The summed E-state index contributed by atoms with van der Waals surface area (Å²) < 4.78 is 0. The fraction of sp³-hybridized carbons (Fsp3) is 0.714. The molecule has 6 nitrogen and oxygen atoms in total. The lowest BCUT2D eigenvalue weighted by Crippen LogP contribution is -2.42. The number of aliphatic hydroxyl groups is 1. The number of hydrogen-bond donors (Lipinski definition) is 4. The normalized spacial score (nSPS) is 10.3. The Kier molecular flexibility index (Phi) is 8.17. The van der Waals surface area contributed by atoms with Gasteiger partial charge in [0.25, 0.3) is 0 Å². The fourth-order valence-electron chi connectivity index (χ4n) is 0.619. The maximum atomic E-state index is 10.8. The Morgan fingerprint density at radius 3 is 2.92 bits per heavy atom. The summed E-state index contributed by atoms with van der Waals surface area (Å²) in [6.07, 6.45) is 3.02. The molecule has 0 fully saturated rings. The van der Waals surface area contributed by atoms with E-state index in [1.54, 1.807) is 6.92 Å². The molecule has 0 aliphatic rings. The lowest BCUT2D eigenvalue weighted by Gasteiger charge is -2.04. The number of hydrogen-bond acceptors (Lipinski definition) is 4. The second-order valence-corrected chi connectivity index (χ2v) is 2.31. The summed E-state index contributed by atoms with van der Waals surface area (Å²) in [6, 6.07) is -0.401. The van der Waals surface area contributed by atoms with Crippen LogP contribution in [0.5, 0.6) is 0 Å². The molecule has 0 bridgehead atoms. The number of urea groups is 1. The van der Waals surface area contributed by atoms with Crippen LogP contribution in [0.25, 0.3) is 0 Å². The van der Waals surface area contributed by atoms with Crippen molar-refractivity contribution in [3.63, 3.8) is 0 Å². The standard InChI is InChI=1S/C7H16N4O2/c1-2-8-10-7(13)11-9-5-3-4-6-12/h2,9,12H,3-6H2,1H3,(H2,10,11,13). The molecule has 0 aliphatic heterocycles. The van der Waals surface area contributed by atoms with E-state index in [0.29, 0.717) is 6.54 Å². The first-order valence-electron chi connectivity index (χ1n) is 4.18. The van der Waals surface area contributed by atoms with E-state index < -0.39 is 6.03 Å². The fourth-order valence-corrected chi connectivity index (χ4v) is 0.619. The van der Waals surface area contributed by atoms with Gasteiger partial charge in [-0.1, -0.05) is 0 Å². The number of rotatable bonds is 6. The van der Waals surface area contributed by atoms with Crippen LogP contribution in [-0.4, -0.2) is 30.5 Å². The Morgan fingerprint density at radius 2 is 2.31 bits per heavy atom. The lowest BCUT2D eigenvalue weighted by molar-refractivity contribution is 0.236. The van der Waals surface area contributed by atoms with Gasteiger partial charge in [0.1, 0.15) is 0 Å². The molecule has 0 rings (SSSR count). The van der Waals surface area contributed by atoms with Crippen molar-refractivity contribution in [1.82, 2.24) is 16.3 Å². The van der Waals surface area contributed by atoms with Crippen LogP contribution < -0.4 is 16.3 Å². The van der Waals surface area contributed by atoms with E-state index in [1.807, 2.05) is 0 Å². The van der Waals surface area contributed by atoms with E-state index in [4.69, 9.17) is 5.11 Å². The van der Waals surface area contributed by atoms with Gasteiger partial charge in [-0.2, -0.15) is 5.10 Å². The third kappa shape index (κ3) is 8.77. The average molecular weight is 188 g/mol. The highest BCUT2D eigenvalue weighted by Gasteiger charge is 1.94. The zero-order valence-electron chi connectivity index (χ0n) is 7.71. The third-order valence-corrected chi connectivity index (χ3v) is 1.21. The van der Waals surface area contributed by atoms with E-state index in [9.17, 15) is 4.79 Å². The monoisotopic (exact) mass is 188 g/mol. The number of aliphatic hydroxyl groups excluding tert-OH is 1. The van der Waals surface area contributed by atoms with Crippen molar-refractivity contribution in [2.75, 3.05) is 13.2 Å². The minimum atomic E-state index is -0.401. The SMILES string of the molecule is CC=NNC(=O)NNCCCCO. The zero-order valence-corrected chi connectivity index (χ0v) is 7.71. The van der Waals surface area contributed by atoms with Gasteiger partial charge in [0.15, 0.2) is 0 Å². The number of amides is 2. The van der Waals surface area contributed by atoms with Crippen LogP contribution in [-0.2, 0) is 0 Å². The lowest BCUT2D eigenvalue weighted by atomic mass is 10.3. The zero-order chi connectivity index (χ0) is 9.94. The quantitative estimate of drug-likeness (QED) is 0.259. The molecular weight excluding hydrogens is 172 g/mol. The molecule has 4 N–H and O–H groups in total. The van der Waals surface area contributed by atoms with Gasteiger partial charge < -0.3 is 5.11 Å². The minimum Gasteiger partial charge on any atom is -0.396 e. The maximum absolute atomic E-state index is 10.8. The molecule has 6 heteroatoms. The number of carbonyl (C=O) groups excluding carboxylic acids is 1. The topological polar surface area (TPSA) is 85.8 Å². The molecule has 0 unspecified atom stereocenters. The smallest absolute Gasteiger partial charge is 0.349 e. The van der Waals surface area contributed by atoms with Crippen molar-refractivity contribution >= 4 is 12.2 Å². The number of carbonyl (C=O) groups is 1. The number of nitrogens with one attached hydrogen (secondary N) is 3. The van der Waals surface area contributed by atoms with Crippen molar-refractivity contribution in [2.45, 2.75) is 19.8 Å². The Balaban J connectivity index is 3.17. The van der Waals surface area contributed by atoms with Gasteiger partial charge in [0, 0.05) is 19.4 Å². The summed E-state index contributed by atoms with van der Waals surface area (Å²) in [5, 5.41) is 12.0. The van der Waals surface area contributed by atoms with Crippen LogP contribution in [0.3, 0.4) is 0 Å². The first-order chi connectivity index (χ1) is 6.31. The Morgan fingerprint density at radius 1 is 1.54 bits per heavy atom. The van der Waals surface area contributed by atoms with E-state index in [1.165, 1.54) is 6.21 Å². The van der Waals surface area contributed by atoms with E-state index in [0.717, 1.165) is 12.8 Å². The Hall–Kier alpha value is -1.14. The van der Waals surface area contributed by atoms with Crippen LogP contribution in [0.15, 0.2) is 5.10 Å². The summed E-state index contributed by atoms with van der Waals surface area (Å²) in [4.78, 5) is 10.8. The predicted octanol–water partition coefficient (Wildman–Crippen LogP) is -0.432. The third-order valence-electron chi connectivity index (χ3n) is 1.21. The average Bonchev–Trinajstić information content (AvgIpc) is 2.14. The molecule has 0 atom stereocenters.